The van der Waals surface area contributed by atoms with Gasteiger partial charge in [0.1, 0.15) is 0 Å². The third-order valence-electron chi connectivity index (χ3n) is 14.1. The molecule has 2 N–H and O–H groups in total. The summed E-state index contributed by atoms with van der Waals surface area (Å²) >= 11 is 34.0. The van der Waals surface area contributed by atoms with E-state index in [0.29, 0.717) is 69.2 Å². The lowest BCUT2D eigenvalue weighted by molar-refractivity contribution is -0.138. The second kappa shape index (κ2) is 62.2. The highest BCUT2D eigenvalue weighted by molar-refractivity contribution is 8.17. The molecule has 0 bridgehead atoms. The van der Waals surface area contributed by atoms with Crippen LogP contribution in [0.25, 0.3) is 0 Å². The molecule has 10 aromatic heterocycles. The van der Waals surface area contributed by atoms with Crippen molar-refractivity contribution in [1.82, 2.24) is 0 Å². The first-order chi connectivity index (χ1) is 56.3. The van der Waals surface area contributed by atoms with E-state index in [9.17, 15) is 52.7 Å². The standard InChI is InChI=1S/C11H14O4S3.2C8H10O2S2.2C7H8O2S2.5C7H6OS2.C2H6/c1-14-9(12)6-17-11(8-4-3-5-16-8)18-7-10(13)15-2;1-10-8(9)6-12-5-7-2-3-11-4-7;1-10-8(9)6-11-5-7-3-2-4-12-7;8-7(9)5-11-4-6-1-2-10-3-6;8-7(9)5-10-4-6-2-1-3-11-6;3*8-6-3-9-4-7-5(6)1-2-10-7;2*8-6-4-9-3-5-1-2-10-7(5)6;1-2/h3-5,11H,6-7H2,1-2H3;2*2-4H,5-6H2,1H3;2*1-3H,4-5H2,(H,8,9);5*1-2H,3-4H2;1-2H3. The summed E-state index contributed by atoms with van der Waals surface area (Å²) in [4.78, 5) is 129. The molecular weight excluding hydrogens is 1880 g/mol. The number of methoxy groups -OCH3 is 4. The van der Waals surface area contributed by atoms with E-state index >= 15 is 0 Å². The lowest BCUT2D eigenvalue weighted by atomic mass is 10.2. The maximum Gasteiger partial charge on any atom is 0.315 e. The number of carboxylic acid groups (broad SMARTS) is 2. The molecule has 17 nitrogen and oxygen atoms in total. The molecule has 10 aromatic rings. The van der Waals surface area contributed by atoms with E-state index in [1.54, 1.807) is 196 Å². The normalized spacial score (nSPS) is 12.9. The second-order valence-corrected chi connectivity index (χ2v) is 43.2. The molecule has 0 radical (unpaired) electrons. The summed E-state index contributed by atoms with van der Waals surface area (Å²) in [5, 5.41) is 40.8. The van der Waals surface area contributed by atoms with Gasteiger partial charge in [-0.1, -0.05) is 32.0 Å². The number of carbonyl (C=O) groups excluding carboxylic acids is 9. The lowest BCUT2D eigenvalue weighted by Crippen LogP contribution is -2.08. The average molecular weight is 1970 g/mol. The van der Waals surface area contributed by atoms with Gasteiger partial charge in [-0.3, -0.25) is 52.7 Å². The summed E-state index contributed by atoms with van der Waals surface area (Å²) in [6, 6.07) is 26.0. The van der Waals surface area contributed by atoms with Crippen LogP contribution in [0, 0.1) is 0 Å². The van der Waals surface area contributed by atoms with Gasteiger partial charge in [-0.05, 0) is 147 Å². The Balaban J connectivity index is 0.000000230. The number of carboxylic acids is 2. The molecule has 15 rings (SSSR count). The highest BCUT2D eigenvalue weighted by Gasteiger charge is 2.23. The van der Waals surface area contributed by atoms with Crippen molar-refractivity contribution < 1.29 is 81.9 Å². The monoisotopic (exact) mass is 1970 g/mol. The maximum absolute atomic E-state index is 11.1. The van der Waals surface area contributed by atoms with E-state index in [1.165, 1.54) is 122 Å². The Labute approximate surface area is 763 Å². The summed E-state index contributed by atoms with van der Waals surface area (Å²) in [5.74, 6) is 12.8. The van der Waals surface area contributed by atoms with Gasteiger partial charge in [0.15, 0.2) is 28.9 Å². The number of rotatable bonds is 23. The topological polar surface area (TPSA) is 265 Å². The number of Topliss-reactive ketones (excluding diaryl/α,β-unsaturated/α-hetero) is 5. The predicted octanol–water partition coefficient (Wildman–Crippen LogP) is 22.9. The molecule has 116 heavy (non-hydrogen) atoms. The van der Waals surface area contributed by atoms with Crippen LogP contribution >= 0.6 is 243 Å². The Hall–Kier alpha value is -3.98. The summed E-state index contributed by atoms with van der Waals surface area (Å²) in [5.41, 5.74) is 7.82. The smallest absolute Gasteiger partial charge is 0.315 e. The number of hydrogen-bond acceptors (Lipinski definition) is 36. The fourth-order valence-corrected chi connectivity index (χ4v) is 28.3. The van der Waals surface area contributed by atoms with Gasteiger partial charge in [-0.25, -0.2) is 0 Å². The number of fused-ring (bicyclic) bond motifs is 5. The van der Waals surface area contributed by atoms with E-state index in [2.05, 4.69) is 36.5 Å². The van der Waals surface area contributed by atoms with E-state index in [0.717, 1.165) is 83.1 Å². The van der Waals surface area contributed by atoms with E-state index in [4.69, 9.17) is 10.2 Å². The summed E-state index contributed by atoms with van der Waals surface area (Å²) in [7, 11) is 5.55. The molecule has 0 aliphatic carbocycles. The lowest BCUT2D eigenvalue weighted by Gasteiger charge is -2.13. The fourth-order valence-electron chi connectivity index (χ4n) is 8.75. The van der Waals surface area contributed by atoms with Gasteiger partial charge >= 0.3 is 35.8 Å². The zero-order valence-electron chi connectivity index (χ0n) is 63.7. The molecule has 0 saturated carbocycles. The Morgan fingerprint density at radius 3 is 1.02 bits per heavy atom. The van der Waals surface area contributed by atoms with Gasteiger partial charge in [-0.15, -0.1) is 220 Å². The van der Waals surface area contributed by atoms with Crippen LogP contribution in [0.2, 0.25) is 0 Å². The van der Waals surface area contributed by atoms with Gasteiger partial charge in [-0.2, -0.15) is 22.7 Å². The molecule has 0 unspecified atom stereocenters. The second-order valence-electron chi connectivity index (χ2n) is 22.4. The average Bonchev–Trinajstić information content (AvgIpc) is 1.72. The van der Waals surface area contributed by atoms with Crippen LogP contribution in [-0.4, -0.2) is 167 Å². The van der Waals surface area contributed by atoms with Crippen LogP contribution in [0.1, 0.15) is 120 Å². The van der Waals surface area contributed by atoms with Crippen molar-refractivity contribution in [2.45, 2.75) is 70.2 Å². The van der Waals surface area contributed by atoms with Crippen molar-refractivity contribution in [3.05, 3.63) is 221 Å². The van der Waals surface area contributed by atoms with Crippen LogP contribution in [0.4, 0.5) is 0 Å². The zero-order valence-corrected chi connectivity index (χ0v) is 80.9. The fraction of sp³-hybridized carbons (Fsp3) is 0.346. The minimum absolute atomic E-state index is 0.0446. The van der Waals surface area contributed by atoms with Crippen LogP contribution in [0.5, 0.6) is 0 Å². The zero-order chi connectivity index (χ0) is 84.1. The molecule has 0 spiro atoms. The van der Waals surface area contributed by atoms with Crippen molar-refractivity contribution in [1.29, 1.82) is 0 Å². The van der Waals surface area contributed by atoms with E-state index < -0.39 is 11.9 Å². The first kappa shape index (κ1) is 103. The number of ether oxygens (including phenoxy) is 4. The number of hydrogen-bond donors (Lipinski definition) is 2. The highest BCUT2D eigenvalue weighted by atomic mass is 32.2. The van der Waals surface area contributed by atoms with Crippen LogP contribution < -0.4 is 0 Å². The largest absolute Gasteiger partial charge is 0.481 e. The minimum Gasteiger partial charge on any atom is -0.481 e. The number of carbonyl (C=O) groups is 11. The molecule has 5 aliphatic rings. The third-order valence-corrected chi connectivity index (χ3v) is 35.7. The van der Waals surface area contributed by atoms with E-state index in [-0.39, 0.29) is 51.5 Å². The molecule has 0 amide bonds. The summed E-state index contributed by atoms with van der Waals surface area (Å²) in [6.07, 6.45) is 0. The molecule has 5 aliphatic heterocycles. The quantitative estimate of drug-likeness (QED) is 0.0342. The predicted molar refractivity (Wildman–Crippen MR) is 513 cm³/mol. The molecule has 626 valence electrons. The molecule has 0 aromatic carbocycles. The van der Waals surface area contributed by atoms with Crippen molar-refractivity contribution in [2.24, 2.45) is 0 Å². The minimum atomic E-state index is -0.745. The van der Waals surface area contributed by atoms with Crippen LogP contribution in [-0.2, 0) is 99.5 Å². The van der Waals surface area contributed by atoms with Crippen molar-refractivity contribution in [3.8, 4) is 0 Å². The van der Waals surface area contributed by atoms with Crippen LogP contribution in [0.3, 0.4) is 0 Å². The molecule has 15 heterocycles. The summed E-state index contributed by atoms with van der Waals surface area (Å²) < 4.78 is 18.3. The SMILES string of the molecule is CC.COC(=O)CSC(SCC(=O)OC)c1cccs1.COC(=O)CSCc1cccs1.COC(=O)CSCc1ccsc1.O=C(O)CSCc1cccs1.O=C(O)CSCc1ccsc1.O=C1CSCc2ccsc21.O=C1CSCc2ccsc21.O=C1CSCc2sccc21.O=C1CSCc2sccc21.O=C1CSCc2sccc21. The van der Waals surface area contributed by atoms with E-state index in [1.807, 2.05) is 140 Å². The summed E-state index contributed by atoms with van der Waals surface area (Å²) in [6.45, 7) is 4.00. The number of esters is 4. The van der Waals surface area contributed by atoms with Crippen LogP contribution in [0.15, 0.2) is 143 Å². The Morgan fingerprint density at radius 2 is 0.690 bits per heavy atom. The van der Waals surface area contributed by atoms with Gasteiger partial charge in [0, 0.05) is 97.7 Å². The van der Waals surface area contributed by atoms with Crippen molar-refractivity contribution in [3.63, 3.8) is 0 Å². The maximum atomic E-state index is 11.1. The van der Waals surface area contributed by atoms with Crippen molar-refractivity contribution in [2.75, 3.05) is 91.7 Å². The number of aliphatic carboxylic acids is 2. The Bertz CT molecular complexity index is 4010. The Morgan fingerprint density at radius 1 is 0.353 bits per heavy atom. The van der Waals surface area contributed by atoms with Gasteiger partial charge in [0.05, 0.1) is 106 Å². The first-order valence-electron chi connectivity index (χ1n) is 34.5. The van der Waals surface area contributed by atoms with Crippen molar-refractivity contribution >= 4 is 307 Å². The number of thioether (sulfide) groups is 11. The Kier molecular flexibility index (Phi) is 55.0. The molecule has 38 heteroatoms. The molecule has 0 saturated heterocycles. The highest BCUT2D eigenvalue weighted by Crippen LogP contribution is 2.42. The first-order valence-corrected chi connectivity index (χ1v) is 55.9. The third kappa shape index (κ3) is 41.7. The molecule has 0 fully saturated rings. The molecular formula is C78H86O17S21. The van der Waals surface area contributed by atoms with Gasteiger partial charge < -0.3 is 29.2 Å². The van der Waals surface area contributed by atoms with Gasteiger partial charge in [0.2, 0.25) is 0 Å². The van der Waals surface area contributed by atoms with Gasteiger partial charge in [0.25, 0.3) is 0 Å². The number of ketones is 5. The number of thiophene rings is 10. The molecule has 0 atom stereocenters.